The van der Waals surface area contributed by atoms with E-state index in [9.17, 15) is 14.9 Å². The van der Waals surface area contributed by atoms with Crippen LogP contribution in [-0.2, 0) is 4.84 Å². The first-order valence-corrected chi connectivity index (χ1v) is 8.13. The number of nitro groups is 1. The van der Waals surface area contributed by atoms with Gasteiger partial charge in [0.15, 0.2) is 0 Å². The van der Waals surface area contributed by atoms with Gasteiger partial charge in [0.05, 0.1) is 28.8 Å². The summed E-state index contributed by atoms with van der Waals surface area (Å²) in [5.41, 5.74) is 0.406. The molecule has 0 unspecified atom stereocenters. The molecule has 7 nitrogen and oxygen atoms in total. The van der Waals surface area contributed by atoms with Crippen molar-refractivity contribution < 1.29 is 19.3 Å². The van der Waals surface area contributed by atoms with Crippen LogP contribution >= 0.6 is 11.6 Å². The summed E-state index contributed by atoms with van der Waals surface area (Å²) >= 11 is 5.91. The van der Waals surface area contributed by atoms with E-state index in [1.807, 2.05) is 30.3 Å². The minimum Gasteiger partial charge on any atom is -0.496 e. The molecule has 0 heterocycles. The maximum Gasteiger partial charge on any atom is 0.367 e. The molecule has 0 radical (unpaired) electrons. The molecule has 0 fully saturated rings. The van der Waals surface area contributed by atoms with Gasteiger partial charge in [-0.3, -0.25) is 10.1 Å². The molecule has 0 saturated heterocycles. The lowest BCUT2D eigenvalue weighted by Gasteiger charge is -2.08. The van der Waals surface area contributed by atoms with Crippen molar-refractivity contribution in [3.05, 3.63) is 80.9 Å². The van der Waals surface area contributed by atoms with Crippen molar-refractivity contribution in [3.8, 4) is 5.75 Å². The highest BCUT2D eigenvalue weighted by Crippen LogP contribution is 2.27. The molecule has 27 heavy (non-hydrogen) atoms. The van der Waals surface area contributed by atoms with Crippen molar-refractivity contribution in [2.24, 2.45) is 5.16 Å². The summed E-state index contributed by atoms with van der Waals surface area (Å²) in [6.45, 7) is 0. The van der Waals surface area contributed by atoms with E-state index in [1.165, 1.54) is 25.5 Å². The fraction of sp³-hybridized carbons (Fsp3) is 0.0526. The molecule has 0 aromatic heterocycles. The fourth-order valence-corrected chi connectivity index (χ4v) is 2.80. The van der Waals surface area contributed by atoms with Crippen molar-refractivity contribution >= 4 is 40.2 Å². The number of rotatable bonds is 5. The fourth-order valence-electron chi connectivity index (χ4n) is 2.55. The number of non-ortho nitro benzene ring substituents is 1. The molecule has 136 valence electrons. The van der Waals surface area contributed by atoms with E-state index in [4.69, 9.17) is 21.2 Å². The number of carbonyl (C=O) groups is 1. The van der Waals surface area contributed by atoms with Crippen LogP contribution in [0.15, 0.2) is 59.8 Å². The summed E-state index contributed by atoms with van der Waals surface area (Å²) < 4.78 is 5.33. The molecule has 0 saturated carbocycles. The van der Waals surface area contributed by atoms with Crippen LogP contribution in [0.4, 0.5) is 5.69 Å². The summed E-state index contributed by atoms with van der Waals surface area (Å²) in [5, 5.41) is 16.2. The largest absolute Gasteiger partial charge is 0.496 e. The molecule has 0 aliphatic heterocycles. The zero-order valence-corrected chi connectivity index (χ0v) is 14.8. The number of nitro benzene ring substituents is 1. The highest BCUT2D eigenvalue weighted by Gasteiger charge is 2.16. The molecule has 0 atom stereocenters. The molecule has 0 amide bonds. The van der Waals surface area contributed by atoms with Crippen LogP contribution in [0.3, 0.4) is 0 Å². The van der Waals surface area contributed by atoms with E-state index in [0.717, 1.165) is 16.8 Å². The highest BCUT2D eigenvalue weighted by molar-refractivity contribution is 6.33. The lowest BCUT2D eigenvalue weighted by atomic mass is 10.0. The predicted molar refractivity (Wildman–Crippen MR) is 102 cm³/mol. The summed E-state index contributed by atoms with van der Waals surface area (Å²) in [4.78, 5) is 27.1. The molecule has 0 aliphatic rings. The molecule has 8 heteroatoms. The van der Waals surface area contributed by atoms with Crippen molar-refractivity contribution in [2.75, 3.05) is 7.11 Å². The van der Waals surface area contributed by atoms with Crippen molar-refractivity contribution in [3.63, 3.8) is 0 Å². The smallest absolute Gasteiger partial charge is 0.367 e. The summed E-state index contributed by atoms with van der Waals surface area (Å²) in [6.07, 6.45) is 1.37. The zero-order valence-electron chi connectivity index (χ0n) is 14.1. The number of halogens is 1. The minimum atomic E-state index is -0.828. The van der Waals surface area contributed by atoms with E-state index >= 15 is 0 Å². The average Bonchev–Trinajstić information content (AvgIpc) is 2.67. The van der Waals surface area contributed by atoms with Crippen molar-refractivity contribution in [1.82, 2.24) is 0 Å². The molecule has 0 spiro atoms. The first-order chi connectivity index (χ1) is 13.0. The second-order valence-corrected chi connectivity index (χ2v) is 5.84. The minimum absolute atomic E-state index is 0.0238. The first-order valence-electron chi connectivity index (χ1n) is 7.75. The highest BCUT2D eigenvalue weighted by atomic mass is 35.5. The van der Waals surface area contributed by atoms with Gasteiger partial charge < -0.3 is 9.57 Å². The summed E-state index contributed by atoms with van der Waals surface area (Å²) in [6, 6.07) is 14.8. The Hall–Kier alpha value is -3.45. The summed E-state index contributed by atoms with van der Waals surface area (Å²) in [5.74, 6) is -0.257. The molecule has 3 aromatic rings. The van der Waals surface area contributed by atoms with Gasteiger partial charge in [-0.05, 0) is 22.9 Å². The lowest BCUT2D eigenvalue weighted by Crippen LogP contribution is -2.03. The number of fused-ring (bicyclic) bond motifs is 1. The van der Waals surface area contributed by atoms with Crippen molar-refractivity contribution in [1.29, 1.82) is 0 Å². The van der Waals surface area contributed by atoms with Crippen LogP contribution in [0.25, 0.3) is 10.8 Å². The molecule has 0 bridgehead atoms. The maximum atomic E-state index is 12.1. The Bertz CT molecular complexity index is 1070. The monoisotopic (exact) mass is 384 g/mol. The third-order valence-electron chi connectivity index (χ3n) is 3.85. The quantitative estimate of drug-likeness (QED) is 0.277. The number of hydrogen-bond acceptors (Lipinski definition) is 6. The van der Waals surface area contributed by atoms with E-state index < -0.39 is 10.9 Å². The standard InChI is InChI=1S/C19H13ClN2O5/c1-26-18-9-6-12-4-2-3-5-14(12)16(18)11-21-27-19(23)15-8-7-13(22(24)25)10-17(15)20/h2-11H,1H3/b21-11+. The third-order valence-corrected chi connectivity index (χ3v) is 4.16. The Morgan fingerprint density at radius 1 is 1.19 bits per heavy atom. The van der Waals surface area contributed by atoms with Gasteiger partial charge in [0.1, 0.15) is 5.75 Å². The van der Waals surface area contributed by atoms with E-state index in [-0.39, 0.29) is 16.3 Å². The van der Waals surface area contributed by atoms with E-state index in [1.54, 1.807) is 6.07 Å². The average molecular weight is 385 g/mol. The molecule has 3 aromatic carbocycles. The zero-order chi connectivity index (χ0) is 19.4. The maximum absolute atomic E-state index is 12.1. The van der Waals surface area contributed by atoms with Crippen LogP contribution in [0.1, 0.15) is 15.9 Å². The Morgan fingerprint density at radius 2 is 1.96 bits per heavy atom. The number of benzene rings is 3. The number of oxime groups is 1. The van der Waals surface area contributed by atoms with Gasteiger partial charge in [-0.15, -0.1) is 0 Å². The summed E-state index contributed by atoms with van der Waals surface area (Å²) in [7, 11) is 1.53. The molecule has 0 N–H and O–H groups in total. The lowest BCUT2D eigenvalue weighted by molar-refractivity contribution is -0.384. The number of hydrogen-bond donors (Lipinski definition) is 0. The normalized spacial score (nSPS) is 10.9. The number of carbonyl (C=O) groups excluding carboxylic acids is 1. The number of nitrogens with zero attached hydrogens (tertiary/aromatic N) is 2. The van der Waals surface area contributed by atoms with Crippen LogP contribution < -0.4 is 4.74 Å². The van der Waals surface area contributed by atoms with Gasteiger partial charge in [-0.25, -0.2) is 4.79 Å². The second-order valence-electron chi connectivity index (χ2n) is 5.44. The number of methoxy groups -OCH3 is 1. The molecule has 0 aliphatic carbocycles. The Labute approximate surface area is 158 Å². The number of ether oxygens (including phenoxy) is 1. The van der Waals surface area contributed by atoms with Gasteiger partial charge in [0, 0.05) is 17.7 Å². The van der Waals surface area contributed by atoms with Crippen molar-refractivity contribution in [2.45, 2.75) is 0 Å². The first kappa shape index (κ1) is 18.3. The van der Waals surface area contributed by atoms with Gasteiger partial charge in [0.2, 0.25) is 0 Å². The Balaban J connectivity index is 1.85. The molecular formula is C19H13ClN2O5. The van der Waals surface area contributed by atoms with Crippen LogP contribution in [0.2, 0.25) is 5.02 Å². The molecular weight excluding hydrogens is 372 g/mol. The predicted octanol–water partition coefficient (Wildman–Crippen LogP) is 4.60. The Kier molecular flexibility index (Phi) is 5.33. The van der Waals surface area contributed by atoms with Gasteiger partial charge >= 0.3 is 5.97 Å². The van der Waals surface area contributed by atoms with E-state index in [2.05, 4.69) is 5.16 Å². The third kappa shape index (κ3) is 3.88. The topological polar surface area (TPSA) is 91.0 Å². The van der Waals surface area contributed by atoms with Crippen LogP contribution in [-0.4, -0.2) is 24.2 Å². The van der Waals surface area contributed by atoms with Gasteiger partial charge in [-0.1, -0.05) is 47.1 Å². The van der Waals surface area contributed by atoms with E-state index in [0.29, 0.717) is 11.3 Å². The molecule has 3 rings (SSSR count). The SMILES string of the molecule is COc1ccc2ccccc2c1/C=N/OC(=O)c1ccc([N+](=O)[O-])cc1Cl. The Morgan fingerprint density at radius 3 is 2.67 bits per heavy atom. The van der Waals surface area contributed by atoms with Crippen LogP contribution in [0, 0.1) is 10.1 Å². The van der Waals surface area contributed by atoms with Gasteiger partial charge in [0.25, 0.3) is 5.69 Å². The van der Waals surface area contributed by atoms with Gasteiger partial charge in [-0.2, -0.15) is 0 Å². The van der Waals surface area contributed by atoms with Crippen LogP contribution in [0.5, 0.6) is 5.75 Å². The second kappa shape index (κ2) is 7.84.